The van der Waals surface area contributed by atoms with Crippen LogP contribution in [-0.2, 0) is 6.42 Å². The van der Waals surface area contributed by atoms with Gasteiger partial charge in [-0.15, -0.1) is 0 Å². The number of H-pyrrole nitrogens is 1. The normalized spacial score (nSPS) is 24.4. The highest BCUT2D eigenvalue weighted by atomic mass is 14.9. The lowest BCUT2D eigenvalue weighted by molar-refractivity contribution is 0.195. The Morgan fingerprint density at radius 1 is 1.24 bits per heavy atom. The molecule has 0 aliphatic heterocycles. The van der Waals surface area contributed by atoms with E-state index in [2.05, 4.69) is 30.7 Å². The average molecular weight is 290 g/mol. The van der Waals surface area contributed by atoms with Crippen LogP contribution in [-0.4, -0.2) is 9.97 Å². The zero-order valence-electron chi connectivity index (χ0n) is 14.3. The highest BCUT2D eigenvalue weighted by Crippen LogP contribution is 2.37. The number of hydrogen-bond donors (Lipinski definition) is 1. The fourth-order valence-corrected chi connectivity index (χ4v) is 4.04. The Hall–Kier alpha value is -0.790. The molecule has 1 heterocycles. The summed E-state index contributed by atoms with van der Waals surface area (Å²) in [6.07, 6.45) is 16.3. The third-order valence-electron chi connectivity index (χ3n) is 5.50. The Morgan fingerprint density at radius 3 is 2.57 bits per heavy atom. The fourth-order valence-electron chi connectivity index (χ4n) is 4.04. The van der Waals surface area contributed by atoms with Gasteiger partial charge in [0.1, 0.15) is 5.82 Å². The van der Waals surface area contributed by atoms with Crippen LogP contribution in [0.1, 0.15) is 78.0 Å². The van der Waals surface area contributed by atoms with Crippen molar-refractivity contribution in [3.63, 3.8) is 0 Å². The van der Waals surface area contributed by atoms with Crippen LogP contribution < -0.4 is 0 Å². The molecule has 120 valence electrons. The number of nitrogens with zero attached hydrogens (tertiary/aromatic N) is 1. The highest BCUT2D eigenvalue weighted by molar-refractivity contribution is 4.90. The van der Waals surface area contributed by atoms with Crippen LogP contribution in [0.3, 0.4) is 0 Å². The third kappa shape index (κ3) is 5.48. The molecule has 1 unspecified atom stereocenters. The molecule has 1 aromatic rings. The molecule has 0 bridgehead atoms. The smallest absolute Gasteiger partial charge is 0.106 e. The molecule has 1 aromatic heterocycles. The maximum atomic E-state index is 4.44. The van der Waals surface area contributed by atoms with Gasteiger partial charge in [0, 0.05) is 18.8 Å². The molecule has 0 amide bonds. The van der Waals surface area contributed by atoms with Crippen molar-refractivity contribution in [3.05, 3.63) is 18.2 Å². The van der Waals surface area contributed by atoms with E-state index in [9.17, 15) is 0 Å². The number of nitrogens with one attached hydrogen (secondary N) is 1. The second kappa shape index (κ2) is 8.60. The van der Waals surface area contributed by atoms with E-state index in [4.69, 9.17) is 0 Å². The first-order valence-electron chi connectivity index (χ1n) is 9.17. The largest absolute Gasteiger partial charge is 0.349 e. The van der Waals surface area contributed by atoms with Crippen LogP contribution >= 0.6 is 0 Å². The SMILES string of the molecule is CCCCC(Cc1ncc[nH]1)CC1CCC(C(C)C)CC1. The highest BCUT2D eigenvalue weighted by Gasteiger charge is 2.25. The van der Waals surface area contributed by atoms with Gasteiger partial charge in [-0.05, 0) is 42.9 Å². The lowest BCUT2D eigenvalue weighted by atomic mass is 9.73. The quantitative estimate of drug-likeness (QED) is 0.662. The van der Waals surface area contributed by atoms with Gasteiger partial charge in [-0.25, -0.2) is 4.98 Å². The van der Waals surface area contributed by atoms with Gasteiger partial charge in [-0.3, -0.25) is 0 Å². The maximum Gasteiger partial charge on any atom is 0.106 e. The molecule has 1 saturated carbocycles. The Labute approximate surface area is 131 Å². The summed E-state index contributed by atoms with van der Waals surface area (Å²) in [6.45, 7) is 7.09. The van der Waals surface area contributed by atoms with Crippen molar-refractivity contribution in [2.75, 3.05) is 0 Å². The van der Waals surface area contributed by atoms with Crippen LogP contribution in [0.4, 0.5) is 0 Å². The van der Waals surface area contributed by atoms with Crippen LogP contribution in [0.5, 0.6) is 0 Å². The topological polar surface area (TPSA) is 28.7 Å². The minimum Gasteiger partial charge on any atom is -0.349 e. The first-order valence-corrected chi connectivity index (χ1v) is 9.17. The summed E-state index contributed by atoms with van der Waals surface area (Å²) in [6, 6.07) is 0. The van der Waals surface area contributed by atoms with Crippen molar-refractivity contribution in [1.82, 2.24) is 9.97 Å². The van der Waals surface area contributed by atoms with Crippen LogP contribution in [0.15, 0.2) is 12.4 Å². The molecule has 1 fully saturated rings. The molecule has 1 aliphatic carbocycles. The molecular formula is C19H34N2. The van der Waals surface area contributed by atoms with E-state index in [0.29, 0.717) is 0 Å². The van der Waals surface area contributed by atoms with E-state index in [1.165, 1.54) is 57.2 Å². The first-order chi connectivity index (χ1) is 10.2. The second-order valence-corrected chi connectivity index (χ2v) is 7.51. The molecule has 2 rings (SSSR count). The van der Waals surface area contributed by atoms with E-state index >= 15 is 0 Å². The van der Waals surface area contributed by atoms with Crippen molar-refractivity contribution in [2.45, 2.75) is 78.6 Å². The molecule has 1 atom stereocenters. The Balaban J connectivity index is 1.81. The van der Waals surface area contributed by atoms with Crippen molar-refractivity contribution in [2.24, 2.45) is 23.7 Å². The van der Waals surface area contributed by atoms with E-state index in [1.807, 2.05) is 12.4 Å². The number of aromatic amines is 1. The fraction of sp³-hybridized carbons (Fsp3) is 0.842. The summed E-state index contributed by atoms with van der Waals surface area (Å²) in [5, 5.41) is 0. The number of imidazole rings is 1. The Kier molecular flexibility index (Phi) is 6.79. The molecule has 2 nitrogen and oxygen atoms in total. The number of unbranched alkanes of at least 4 members (excludes halogenated alkanes) is 1. The van der Waals surface area contributed by atoms with Crippen molar-refractivity contribution >= 4 is 0 Å². The summed E-state index contributed by atoms with van der Waals surface area (Å²) in [7, 11) is 0. The Morgan fingerprint density at radius 2 is 2.00 bits per heavy atom. The monoisotopic (exact) mass is 290 g/mol. The van der Waals surface area contributed by atoms with Gasteiger partial charge >= 0.3 is 0 Å². The maximum absolute atomic E-state index is 4.44. The average Bonchev–Trinajstić information content (AvgIpc) is 2.98. The van der Waals surface area contributed by atoms with Crippen LogP contribution in [0, 0.1) is 23.7 Å². The number of aromatic nitrogens is 2. The third-order valence-corrected chi connectivity index (χ3v) is 5.50. The van der Waals surface area contributed by atoms with Gasteiger partial charge in [-0.2, -0.15) is 0 Å². The molecule has 0 spiro atoms. The summed E-state index contributed by atoms with van der Waals surface area (Å²) in [4.78, 5) is 7.73. The summed E-state index contributed by atoms with van der Waals surface area (Å²) in [5.41, 5.74) is 0. The van der Waals surface area contributed by atoms with E-state index in [1.54, 1.807) is 0 Å². The molecule has 21 heavy (non-hydrogen) atoms. The van der Waals surface area contributed by atoms with E-state index in [0.717, 1.165) is 30.1 Å². The molecule has 1 aliphatic rings. The van der Waals surface area contributed by atoms with Crippen molar-refractivity contribution < 1.29 is 0 Å². The minimum atomic E-state index is 0.830. The predicted octanol–water partition coefficient (Wildman–Crippen LogP) is 5.61. The van der Waals surface area contributed by atoms with Crippen molar-refractivity contribution in [1.29, 1.82) is 0 Å². The van der Waals surface area contributed by atoms with Gasteiger partial charge in [0.15, 0.2) is 0 Å². The van der Waals surface area contributed by atoms with Crippen molar-refractivity contribution in [3.8, 4) is 0 Å². The molecule has 2 heteroatoms. The second-order valence-electron chi connectivity index (χ2n) is 7.51. The van der Waals surface area contributed by atoms with Gasteiger partial charge in [0.05, 0.1) is 0 Å². The molecule has 0 radical (unpaired) electrons. The summed E-state index contributed by atoms with van der Waals surface area (Å²) >= 11 is 0. The van der Waals surface area contributed by atoms with E-state index < -0.39 is 0 Å². The van der Waals surface area contributed by atoms with Crippen LogP contribution in [0.2, 0.25) is 0 Å². The minimum absolute atomic E-state index is 0.830. The first kappa shape index (κ1) is 16.6. The zero-order chi connectivity index (χ0) is 15.1. The molecule has 1 N–H and O–H groups in total. The number of hydrogen-bond acceptors (Lipinski definition) is 1. The van der Waals surface area contributed by atoms with Crippen LogP contribution in [0.25, 0.3) is 0 Å². The molecule has 0 saturated heterocycles. The van der Waals surface area contributed by atoms with Gasteiger partial charge in [-0.1, -0.05) is 52.9 Å². The number of rotatable bonds is 8. The van der Waals surface area contributed by atoms with Gasteiger partial charge in [0.2, 0.25) is 0 Å². The van der Waals surface area contributed by atoms with Gasteiger partial charge < -0.3 is 4.98 Å². The molecular weight excluding hydrogens is 256 g/mol. The zero-order valence-corrected chi connectivity index (χ0v) is 14.3. The van der Waals surface area contributed by atoms with E-state index in [-0.39, 0.29) is 0 Å². The predicted molar refractivity (Wildman–Crippen MR) is 90.2 cm³/mol. The Bertz CT molecular complexity index is 361. The van der Waals surface area contributed by atoms with Gasteiger partial charge in [0.25, 0.3) is 0 Å². The lowest BCUT2D eigenvalue weighted by Gasteiger charge is -2.32. The summed E-state index contributed by atoms with van der Waals surface area (Å²) in [5.74, 6) is 4.85. The summed E-state index contributed by atoms with van der Waals surface area (Å²) < 4.78 is 0. The lowest BCUT2D eigenvalue weighted by Crippen LogP contribution is -2.21. The molecule has 0 aromatic carbocycles. The standard InChI is InChI=1S/C19H34N2/c1-4-5-6-17(14-19-20-11-12-21-19)13-16-7-9-18(10-8-16)15(2)3/h11-12,15-18H,4-10,13-14H2,1-3H3,(H,20,21).